The van der Waals surface area contributed by atoms with Gasteiger partial charge in [0.25, 0.3) is 5.91 Å². The number of primary amides is 1. The average molecular weight is 279 g/mol. The van der Waals surface area contributed by atoms with E-state index in [9.17, 15) is 14.7 Å². The van der Waals surface area contributed by atoms with Gasteiger partial charge in [0.2, 0.25) is 0 Å². The summed E-state index contributed by atoms with van der Waals surface area (Å²) in [6.07, 6.45) is 2.12. The number of carboxylic acid groups (broad SMARTS) is 1. The molecule has 0 aromatic carbocycles. The lowest BCUT2D eigenvalue weighted by molar-refractivity contribution is -0.145. The van der Waals surface area contributed by atoms with Crippen molar-refractivity contribution in [3.63, 3.8) is 0 Å². The molecule has 4 N–H and O–H groups in total. The second-order valence-corrected chi connectivity index (χ2v) is 4.84. The van der Waals surface area contributed by atoms with Crippen LogP contribution in [0.15, 0.2) is 12.3 Å². The monoisotopic (exact) mass is 279 g/mol. The van der Waals surface area contributed by atoms with Crippen LogP contribution in [0.2, 0.25) is 0 Å². The summed E-state index contributed by atoms with van der Waals surface area (Å²) in [6, 6.07) is 1.66. The van der Waals surface area contributed by atoms with Gasteiger partial charge in [-0.05, 0) is 18.6 Å². The molecule has 7 heteroatoms. The molecule has 1 aromatic rings. The van der Waals surface area contributed by atoms with Crippen LogP contribution in [0.4, 0.5) is 5.82 Å². The SMILES string of the molecule is Cc1ccnc(NC2(C(=O)O)CCOCC2)c1C(N)=O. The average Bonchev–Trinajstić information content (AvgIpc) is 2.39. The van der Waals surface area contributed by atoms with Gasteiger partial charge in [-0.2, -0.15) is 0 Å². The van der Waals surface area contributed by atoms with E-state index in [-0.39, 0.29) is 11.4 Å². The smallest absolute Gasteiger partial charge is 0.329 e. The molecule has 1 fully saturated rings. The van der Waals surface area contributed by atoms with Crippen LogP contribution in [0.5, 0.6) is 0 Å². The van der Waals surface area contributed by atoms with E-state index in [1.165, 1.54) is 6.20 Å². The lowest BCUT2D eigenvalue weighted by Gasteiger charge is -2.34. The number of carbonyl (C=O) groups is 2. The molecule has 0 bridgehead atoms. The number of pyridine rings is 1. The maximum absolute atomic E-state index is 11.6. The summed E-state index contributed by atoms with van der Waals surface area (Å²) in [6.45, 7) is 2.42. The molecule has 1 saturated heterocycles. The molecule has 2 rings (SSSR count). The van der Waals surface area contributed by atoms with Crippen LogP contribution in [0.3, 0.4) is 0 Å². The first kappa shape index (κ1) is 14.3. The van der Waals surface area contributed by atoms with Crippen molar-refractivity contribution in [3.05, 3.63) is 23.4 Å². The van der Waals surface area contributed by atoms with E-state index in [0.29, 0.717) is 31.6 Å². The first-order chi connectivity index (χ1) is 9.46. The molecule has 0 unspecified atom stereocenters. The van der Waals surface area contributed by atoms with E-state index in [1.54, 1.807) is 13.0 Å². The number of rotatable bonds is 4. The molecular formula is C13H17N3O4. The van der Waals surface area contributed by atoms with Gasteiger partial charge in [-0.3, -0.25) is 4.79 Å². The fraction of sp³-hybridized carbons (Fsp3) is 0.462. The number of nitrogens with two attached hydrogens (primary N) is 1. The molecule has 1 aliphatic heterocycles. The standard InChI is InChI=1S/C13H17N3O4/c1-8-2-5-15-11(9(8)10(14)17)16-13(12(18)19)3-6-20-7-4-13/h2,5H,3-4,6-7H2,1H3,(H2,14,17)(H,15,16)(H,18,19). The maximum Gasteiger partial charge on any atom is 0.329 e. The van der Waals surface area contributed by atoms with Gasteiger partial charge in [0, 0.05) is 32.3 Å². The number of ether oxygens (including phenoxy) is 1. The third kappa shape index (κ3) is 2.57. The number of aryl methyl sites for hydroxylation is 1. The largest absolute Gasteiger partial charge is 0.480 e. The van der Waals surface area contributed by atoms with Crippen LogP contribution in [0.1, 0.15) is 28.8 Å². The highest BCUT2D eigenvalue weighted by molar-refractivity contribution is 5.99. The minimum absolute atomic E-state index is 0.210. The lowest BCUT2D eigenvalue weighted by Crippen LogP contribution is -2.51. The third-order valence-corrected chi connectivity index (χ3v) is 3.52. The Bertz CT molecular complexity index is 538. The summed E-state index contributed by atoms with van der Waals surface area (Å²) in [5, 5.41) is 12.4. The first-order valence-corrected chi connectivity index (χ1v) is 6.31. The summed E-state index contributed by atoms with van der Waals surface area (Å²) in [7, 11) is 0. The van der Waals surface area contributed by atoms with Gasteiger partial charge in [-0.1, -0.05) is 0 Å². The van der Waals surface area contributed by atoms with Gasteiger partial charge in [0.05, 0.1) is 5.56 Å². The van der Waals surface area contributed by atoms with Gasteiger partial charge in [0.1, 0.15) is 11.4 Å². The summed E-state index contributed by atoms with van der Waals surface area (Å²) in [5.41, 5.74) is 5.05. The van der Waals surface area contributed by atoms with E-state index in [4.69, 9.17) is 10.5 Å². The molecule has 0 radical (unpaired) electrons. The Hall–Kier alpha value is -2.15. The van der Waals surface area contributed by atoms with E-state index >= 15 is 0 Å². The number of nitrogens with one attached hydrogen (secondary N) is 1. The van der Waals surface area contributed by atoms with Crippen molar-refractivity contribution in [3.8, 4) is 0 Å². The van der Waals surface area contributed by atoms with Crippen molar-refractivity contribution in [2.75, 3.05) is 18.5 Å². The molecule has 20 heavy (non-hydrogen) atoms. The second-order valence-electron chi connectivity index (χ2n) is 4.84. The lowest BCUT2D eigenvalue weighted by atomic mass is 9.89. The Balaban J connectivity index is 2.39. The molecule has 7 nitrogen and oxygen atoms in total. The van der Waals surface area contributed by atoms with E-state index in [0.717, 1.165) is 0 Å². The van der Waals surface area contributed by atoms with Crippen molar-refractivity contribution in [2.45, 2.75) is 25.3 Å². The molecule has 1 amide bonds. The van der Waals surface area contributed by atoms with Crippen LogP contribution in [0.25, 0.3) is 0 Å². The minimum Gasteiger partial charge on any atom is -0.480 e. The second kappa shape index (κ2) is 5.46. The Morgan fingerprint density at radius 3 is 2.65 bits per heavy atom. The summed E-state index contributed by atoms with van der Waals surface area (Å²) in [4.78, 5) is 27.2. The first-order valence-electron chi connectivity index (χ1n) is 6.31. The quantitative estimate of drug-likeness (QED) is 0.740. The molecular weight excluding hydrogens is 262 g/mol. The molecule has 0 aliphatic carbocycles. The molecule has 108 valence electrons. The molecule has 0 saturated carbocycles. The van der Waals surface area contributed by atoms with Gasteiger partial charge in [-0.15, -0.1) is 0 Å². The van der Waals surface area contributed by atoms with Crippen LogP contribution in [0, 0.1) is 6.92 Å². The normalized spacial score (nSPS) is 17.4. The van der Waals surface area contributed by atoms with Crippen molar-refractivity contribution in [1.82, 2.24) is 4.98 Å². The zero-order valence-corrected chi connectivity index (χ0v) is 11.2. The summed E-state index contributed by atoms with van der Waals surface area (Å²) in [5.74, 6) is -1.41. The topological polar surface area (TPSA) is 115 Å². The highest BCUT2D eigenvalue weighted by Crippen LogP contribution is 2.28. The fourth-order valence-corrected chi connectivity index (χ4v) is 2.30. The van der Waals surface area contributed by atoms with Crippen molar-refractivity contribution in [1.29, 1.82) is 0 Å². The number of anilines is 1. The van der Waals surface area contributed by atoms with Crippen LogP contribution >= 0.6 is 0 Å². The zero-order chi connectivity index (χ0) is 14.8. The predicted molar refractivity (Wildman–Crippen MR) is 71.5 cm³/mol. The summed E-state index contributed by atoms with van der Waals surface area (Å²) < 4.78 is 5.20. The highest BCUT2D eigenvalue weighted by atomic mass is 16.5. The van der Waals surface area contributed by atoms with Crippen molar-refractivity contribution < 1.29 is 19.4 Å². The van der Waals surface area contributed by atoms with Crippen LogP contribution in [-0.4, -0.2) is 40.7 Å². The fourth-order valence-electron chi connectivity index (χ4n) is 2.30. The Labute approximate surface area is 116 Å². The van der Waals surface area contributed by atoms with Crippen LogP contribution in [-0.2, 0) is 9.53 Å². The number of carboxylic acids is 1. The van der Waals surface area contributed by atoms with E-state index in [1.807, 2.05) is 0 Å². The van der Waals surface area contributed by atoms with Gasteiger partial charge < -0.3 is 20.9 Å². The molecule has 0 spiro atoms. The molecule has 1 aromatic heterocycles. The number of carbonyl (C=O) groups excluding carboxylic acids is 1. The number of aromatic nitrogens is 1. The Morgan fingerprint density at radius 1 is 1.45 bits per heavy atom. The van der Waals surface area contributed by atoms with Crippen molar-refractivity contribution >= 4 is 17.7 Å². The maximum atomic E-state index is 11.6. The third-order valence-electron chi connectivity index (χ3n) is 3.52. The number of nitrogens with zero attached hydrogens (tertiary/aromatic N) is 1. The number of amides is 1. The van der Waals surface area contributed by atoms with Gasteiger partial charge in [-0.25, -0.2) is 9.78 Å². The van der Waals surface area contributed by atoms with Crippen molar-refractivity contribution in [2.24, 2.45) is 5.73 Å². The van der Waals surface area contributed by atoms with Gasteiger partial charge in [0.15, 0.2) is 0 Å². The zero-order valence-electron chi connectivity index (χ0n) is 11.2. The molecule has 2 heterocycles. The van der Waals surface area contributed by atoms with Gasteiger partial charge >= 0.3 is 5.97 Å². The van der Waals surface area contributed by atoms with E-state index in [2.05, 4.69) is 10.3 Å². The Morgan fingerprint density at radius 2 is 2.10 bits per heavy atom. The Kier molecular flexibility index (Phi) is 3.89. The summed E-state index contributed by atoms with van der Waals surface area (Å²) >= 11 is 0. The minimum atomic E-state index is -1.18. The predicted octanol–water partition coefficient (Wildman–Crippen LogP) is 0.535. The highest BCUT2D eigenvalue weighted by Gasteiger charge is 2.41. The molecule has 0 atom stereocenters. The molecule has 1 aliphatic rings. The number of hydrogen-bond donors (Lipinski definition) is 3. The van der Waals surface area contributed by atoms with E-state index < -0.39 is 17.4 Å². The number of hydrogen-bond acceptors (Lipinski definition) is 5. The van der Waals surface area contributed by atoms with Crippen LogP contribution < -0.4 is 11.1 Å². The number of aliphatic carboxylic acids is 1.